The lowest BCUT2D eigenvalue weighted by molar-refractivity contribution is 0.0650. The molecule has 0 radical (unpaired) electrons. The summed E-state index contributed by atoms with van der Waals surface area (Å²) in [5.74, 6) is 0. The van der Waals surface area contributed by atoms with E-state index < -0.39 is 0 Å². The molecule has 0 spiro atoms. The quantitative estimate of drug-likeness (QED) is 0.438. The Labute approximate surface area is 80.6 Å². The number of ether oxygens (including phenoxy) is 1. The molecule has 0 heterocycles. The van der Waals surface area contributed by atoms with Crippen LogP contribution in [0.15, 0.2) is 0 Å². The Balaban J connectivity index is -0.0000000600. The summed E-state index contributed by atoms with van der Waals surface area (Å²) in [5.41, 5.74) is 0. The summed E-state index contributed by atoms with van der Waals surface area (Å²) < 4.78 is 4.63. The van der Waals surface area contributed by atoms with Crippen molar-refractivity contribution in [1.82, 2.24) is 0 Å². The lowest BCUT2D eigenvalue weighted by Crippen LogP contribution is -2.03. The second kappa shape index (κ2) is 29.8. The second-order valence-electron chi connectivity index (χ2n) is 1.51. The first kappa shape index (κ1) is 23.0. The molecular weight excluding hydrogens is 176 g/mol. The van der Waals surface area contributed by atoms with Crippen LogP contribution in [0.5, 0.6) is 0 Å². The van der Waals surface area contributed by atoms with Crippen LogP contribution in [0.3, 0.4) is 0 Å². The van der Waals surface area contributed by atoms with Crippen LogP contribution in [0.2, 0.25) is 0 Å². The molecule has 0 aliphatic heterocycles. The minimum atomic E-state index is -0.125. The minimum Gasteiger partial charge on any atom is -0.394 e. The molecule has 0 aromatic carbocycles. The molecule has 13 heavy (non-hydrogen) atoms. The maximum Gasteiger partial charge on any atom is 0.0698 e. The highest BCUT2D eigenvalue weighted by molar-refractivity contribution is 4.24. The maximum absolute atomic E-state index is 8.09. The zero-order valence-corrected chi connectivity index (χ0v) is 6.44. The molecule has 0 aliphatic carbocycles. The molecule has 0 saturated heterocycles. The fourth-order valence-electron chi connectivity index (χ4n) is 0.231. The molecule has 0 rings (SSSR count). The first-order chi connectivity index (χ1) is 5.33. The molecule has 0 amide bonds. The molecule has 4 N–H and O–H groups in total. The van der Waals surface area contributed by atoms with E-state index in [0.29, 0.717) is 13.2 Å². The van der Waals surface area contributed by atoms with Gasteiger partial charge >= 0.3 is 0 Å². The van der Waals surface area contributed by atoms with Crippen molar-refractivity contribution in [2.75, 3.05) is 39.6 Å². The number of aliphatic hydroxyl groups is 4. The Kier molecular flexibility index (Phi) is 52.7. The summed E-state index contributed by atoms with van der Waals surface area (Å²) in [6.07, 6.45) is 0. The van der Waals surface area contributed by atoms with Gasteiger partial charge in [-0.05, 0) is 0 Å². The van der Waals surface area contributed by atoms with Crippen molar-refractivity contribution in [3.8, 4) is 0 Å². The fraction of sp³-hybridized carbons (Fsp3) is 1.00. The summed E-state index contributed by atoms with van der Waals surface area (Å²) >= 11 is 0. The number of hydrogen-bond acceptors (Lipinski definition) is 5. The average Bonchev–Trinajstić information content (AvgIpc) is 2.06. The monoisotopic (exact) mass is 200 g/mol. The van der Waals surface area contributed by atoms with Gasteiger partial charge in [-0.15, -0.1) is 0 Å². The van der Waals surface area contributed by atoms with Gasteiger partial charge in [-0.3, -0.25) is 0 Å². The van der Waals surface area contributed by atoms with E-state index in [0.717, 1.165) is 0 Å². The summed E-state index contributed by atoms with van der Waals surface area (Å²) in [6.45, 7) is 0.446. The largest absolute Gasteiger partial charge is 0.394 e. The van der Waals surface area contributed by atoms with E-state index in [9.17, 15) is 0 Å². The Morgan fingerprint density at radius 2 is 0.923 bits per heavy atom. The van der Waals surface area contributed by atoms with Crippen molar-refractivity contribution in [1.29, 1.82) is 0 Å². The molecular formula is C8H24O5. The van der Waals surface area contributed by atoms with E-state index >= 15 is 0 Å². The van der Waals surface area contributed by atoms with Gasteiger partial charge in [0.15, 0.2) is 0 Å². The molecule has 86 valence electrons. The molecule has 5 heteroatoms. The number of hydrogen-bond donors (Lipinski definition) is 4. The van der Waals surface area contributed by atoms with E-state index in [-0.39, 0.29) is 41.3 Å². The third-order valence-corrected chi connectivity index (χ3v) is 0.571. The van der Waals surface area contributed by atoms with Crippen LogP contribution in [-0.4, -0.2) is 60.1 Å². The summed E-state index contributed by atoms with van der Waals surface area (Å²) in [4.78, 5) is 0. The summed E-state index contributed by atoms with van der Waals surface area (Å²) in [5, 5.41) is 31.4. The molecule has 0 aromatic rings. The van der Waals surface area contributed by atoms with E-state index in [1.54, 1.807) is 0 Å². The van der Waals surface area contributed by atoms with Gasteiger partial charge in [-0.2, -0.15) is 0 Å². The third kappa shape index (κ3) is 49.2. The smallest absolute Gasteiger partial charge is 0.0698 e. The fourth-order valence-corrected chi connectivity index (χ4v) is 0.231. The second-order valence-corrected chi connectivity index (χ2v) is 1.51. The molecule has 0 aliphatic rings. The van der Waals surface area contributed by atoms with Gasteiger partial charge in [-0.25, -0.2) is 0 Å². The Bertz CT molecular complexity index is 45.8. The molecule has 0 bridgehead atoms. The molecule has 0 fully saturated rings. The zero-order valence-electron chi connectivity index (χ0n) is 6.44. The lowest BCUT2D eigenvalue weighted by atomic mass is 10.7. The predicted octanol–water partition coefficient (Wildman–Crippen LogP) is -0.769. The highest BCUT2D eigenvalue weighted by Crippen LogP contribution is 1.68. The number of aliphatic hydroxyl groups excluding tert-OH is 4. The van der Waals surface area contributed by atoms with Crippen LogP contribution in [0.25, 0.3) is 0 Å². The maximum atomic E-state index is 8.09. The Morgan fingerprint density at radius 1 is 0.615 bits per heavy atom. The molecule has 0 aromatic heterocycles. The van der Waals surface area contributed by atoms with Crippen LogP contribution in [0.1, 0.15) is 14.9 Å². The summed E-state index contributed by atoms with van der Waals surface area (Å²) in [6, 6.07) is 0. The van der Waals surface area contributed by atoms with Crippen molar-refractivity contribution >= 4 is 0 Å². The average molecular weight is 200 g/mol. The van der Waals surface area contributed by atoms with Crippen LogP contribution in [-0.2, 0) is 4.74 Å². The van der Waals surface area contributed by atoms with Gasteiger partial charge in [0, 0.05) is 0 Å². The lowest BCUT2D eigenvalue weighted by Gasteiger charge is -1.94. The van der Waals surface area contributed by atoms with Gasteiger partial charge in [0.05, 0.1) is 39.6 Å². The molecule has 0 unspecified atom stereocenters. The first-order valence-electron chi connectivity index (χ1n) is 3.34. The van der Waals surface area contributed by atoms with Crippen molar-refractivity contribution < 1.29 is 25.2 Å². The van der Waals surface area contributed by atoms with Gasteiger partial charge in [0.2, 0.25) is 0 Å². The normalized spacial score (nSPS) is 7.38. The van der Waals surface area contributed by atoms with E-state index in [2.05, 4.69) is 4.74 Å². The van der Waals surface area contributed by atoms with Gasteiger partial charge in [-0.1, -0.05) is 14.9 Å². The van der Waals surface area contributed by atoms with E-state index in [4.69, 9.17) is 20.4 Å². The molecule has 0 saturated carbocycles. The Morgan fingerprint density at radius 3 is 1.08 bits per heavy atom. The number of rotatable bonds is 5. The highest BCUT2D eigenvalue weighted by atomic mass is 16.5. The summed E-state index contributed by atoms with van der Waals surface area (Å²) in [7, 11) is 0. The third-order valence-electron chi connectivity index (χ3n) is 0.571. The Hall–Kier alpha value is -0.200. The van der Waals surface area contributed by atoms with Crippen molar-refractivity contribution in [3.63, 3.8) is 0 Å². The molecule has 0 atom stereocenters. The van der Waals surface area contributed by atoms with Crippen LogP contribution in [0.4, 0.5) is 0 Å². The van der Waals surface area contributed by atoms with Gasteiger partial charge in [0.25, 0.3) is 0 Å². The van der Waals surface area contributed by atoms with Crippen LogP contribution >= 0.6 is 0 Å². The van der Waals surface area contributed by atoms with Crippen LogP contribution in [0, 0.1) is 0 Å². The van der Waals surface area contributed by atoms with Crippen molar-refractivity contribution in [3.05, 3.63) is 0 Å². The van der Waals surface area contributed by atoms with Crippen molar-refractivity contribution in [2.45, 2.75) is 14.9 Å². The molecule has 5 nitrogen and oxygen atoms in total. The van der Waals surface area contributed by atoms with Crippen LogP contribution < -0.4 is 0 Å². The van der Waals surface area contributed by atoms with Gasteiger partial charge in [0.1, 0.15) is 0 Å². The van der Waals surface area contributed by atoms with Crippen molar-refractivity contribution in [2.24, 2.45) is 0 Å². The van der Waals surface area contributed by atoms with Gasteiger partial charge < -0.3 is 25.2 Å². The standard InChI is InChI=1S/C4H10O3.C2H6O2.2CH4/c5-1-3-7-4-2-6;3-1-2-4;;/h5-6H,1-4H2;3-4H,1-2H2;2*1H4. The minimum absolute atomic E-state index is 0. The SMILES string of the molecule is C.C.OCCO.OCCOCCO. The highest BCUT2D eigenvalue weighted by Gasteiger charge is 1.79. The predicted molar refractivity (Wildman–Crippen MR) is 52.6 cm³/mol. The van der Waals surface area contributed by atoms with E-state index in [1.165, 1.54) is 0 Å². The topological polar surface area (TPSA) is 90.2 Å². The van der Waals surface area contributed by atoms with E-state index in [1.807, 2.05) is 0 Å². The first-order valence-corrected chi connectivity index (χ1v) is 3.34. The zero-order chi connectivity index (χ0) is 8.95.